The number of amides is 1. The first kappa shape index (κ1) is 12.2. The van der Waals surface area contributed by atoms with Crippen LogP contribution in [0.5, 0.6) is 0 Å². The summed E-state index contributed by atoms with van der Waals surface area (Å²) in [5.74, 6) is -1.46. The highest BCUT2D eigenvalue weighted by Gasteiger charge is 2.12. The summed E-state index contributed by atoms with van der Waals surface area (Å²) in [5.41, 5.74) is 0.847. The minimum Gasteiger partial charge on any atom is -0.297 e. The van der Waals surface area contributed by atoms with Crippen molar-refractivity contribution in [1.82, 2.24) is 0 Å². The van der Waals surface area contributed by atoms with E-state index < -0.39 is 11.6 Å². The van der Waals surface area contributed by atoms with Crippen molar-refractivity contribution >= 4 is 12.1 Å². The van der Waals surface area contributed by atoms with Crippen LogP contribution >= 0.6 is 0 Å². The van der Waals surface area contributed by atoms with Crippen molar-refractivity contribution in [1.29, 1.82) is 0 Å². The van der Waals surface area contributed by atoms with E-state index in [-0.39, 0.29) is 12.2 Å². The molecule has 0 saturated heterocycles. The third-order valence-corrected chi connectivity index (χ3v) is 2.49. The van der Waals surface area contributed by atoms with E-state index in [0.717, 1.165) is 22.6 Å². The Balaban J connectivity index is 2.26. The Bertz CT molecular complexity index is 543. The predicted molar refractivity (Wildman–Crippen MR) is 64.7 cm³/mol. The fraction of sp³-hybridized carbons (Fsp3) is 0.0714. The van der Waals surface area contributed by atoms with Gasteiger partial charge in [0.25, 0.3) is 0 Å². The SMILES string of the molecule is O=[C]N(Cc1ccccc1)c1ccc(F)cc1F. The van der Waals surface area contributed by atoms with E-state index in [1.54, 1.807) is 6.41 Å². The molecule has 0 atom stereocenters. The van der Waals surface area contributed by atoms with Gasteiger partial charge in [-0.2, -0.15) is 0 Å². The molecule has 0 aliphatic rings. The van der Waals surface area contributed by atoms with Gasteiger partial charge in [-0.05, 0) is 17.7 Å². The Kier molecular flexibility index (Phi) is 3.67. The molecule has 1 amide bonds. The third kappa shape index (κ3) is 2.71. The molecule has 2 nitrogen and oxygen atoms in total. The molecule has 0 unspecified atom stereocenters. The predicted octanol–water partition coefficient (Wildman–Crippen LogP) is 3.04. The first-order valence-corrected chi connectivity index (χ1v) is 5.35. The summed E-state index contributed by atoms with van der Waals surface area (Å²) in [6.45, 7) is 0.187. The summed E-state index contributed by atoms with van der Waals surface area (Å²) in [4.78, 5) is 12.0. The monoisotopic (exact) mass is 246 g/mol. The van der Waals surface area contributed by atoms with Crippen LogP contribution in [0.1, 0.15) is 5.56 Å². The molecule has 0 bridgehead atoms. The highest BCUT2D eigenvalue weighted by molar-refractivity contribution is 5.75. The van der Waals surface area contributed by atoms with Gasteiger partial charge in [-0.15, -0.1) is 0 Å². The Morgan fingerprint density at radius 1 is 1.06 bits per heavy atom. The van der Waals surface area contributed by atoms with Crippen molar-refractivity contribution in [2.75, 3.05) is 4.90 Å². The maximum atomic E-state index is 13.5. The van der Waals surface area contributed by atoms with Crippen LogP contribution in [0.3, 0.4) is 0 Å². The second kappa shape index (κ2) is 5.40. The van der Waals surface area contributed by atoms with Crippen molar-refractivity contribution in [3.05, 3.63) is 65.7 Å². The highest BCUT2D eigenvalue weighted by atomic mass is 19.1. The maximum Gasteiger partial charge on any atom is 0.317 e. The first-order valence-electron chi connectivity index (χ1n) is 5.35. The first-order chi connectivity index (χ1) is 8.70. The smallest absolute Gasteiger partial charge is 0.297 e. The van der Waals surface area contributed by atoms with Crippen molar-refractivity contribution in [2.24, 2.45) is 0 Å². The van der Waals surface area contributed by atoms with Gasteiger partial charge < -0.3 is 0 Å². The summed E-state index contributed by atoms with van der Waals surface area (Å²) in [6, 6.07) is 12.2. The van der Waals surface area contributed by atoms with Crippen LogP contribution in [-0.2, 0) is 11.3 Å². The molecule has 1 radical (unpaired) electrons. The van der Waals surface area contributed by atoms with Gasteiger partial charge in [0.05, 0.1) is 12.2 Å². The lowest BCUT2D eigenvalue weighted by Gasteiger charge is -2.17. The average molecular weight is 246 g/mol. The van der Waals surface area contributed by atoms with Crippen molar-refractivity contribution in [2.45, 2.75) is 6.54 Å². The molecule has 0 aliphatic carbocycles. The van der Waals surface area contributed by atoms with Gasteiger partial charge in [-0.1, -0.05) is 30.3 Å². The maximum absolute atomic E-state index is 13.5. The molecule has 0 saturated carbocycles. The zero-order valence-electron chi connectivity index (χ0n) is 9.44. The minimum absolute atomic E-state index is 0.00949. The summed E-state index contributed by atoms with van der Waals surface area (Å²) >= 11 is 0. The van der Waals surface area contributed by atoms with Crippen LogP contribution in [0.2, 0.25) is 0 Å². The van der Waals surface area contributed by atoms with Crippen LogP contribution in [0.25, 0.3) is 0 Å². The molecule has 0 N–H and O–H groups in total. The van der Waals surface area contributed by atoms with E-state index in [4.69, 9.17) is 0 Å². The number of rotatable bonds is 4. The van der Waals surface area contributed by atoms with Gasteiger partial charge in [0.1, 0.15) is 11.6 Å². The summed E-state index contributed by atoms with van der Waals surface area (Å²) in [6.07, 6.45) is 1.65. The van der Waals surface area contributed by atoms with Crippen LogP contribution in [-0.4, -0.2) is 6.41 Å². The lowest BCUT2D eigenvalue weighted by atomic mass is 10.2. The molecule has 18 heavy (non-hydrogen) atoms. The van der Waals surface area contributed by atoms with E-state index in [1.807, 2.05) is 30.3 Å². The van der Waals surface area contributed by atoms with Gasteiger partial charge in [-0.3, -0.25) is 9.69 Å². The Labute approximate surface area is 103 Å². The second-order valence-corrected chi connectivity index (χ2v) is 3.76. The molecule has 0 aliphatic heterocycles. The van der Waals surface area contributed by atoms with Crippen molar-refractivity contribution in [3.8, 4) is 0 Å². The van der Waals surface area contributed by atoms with Crippen molar-refractivity contribution in [3.63, 3.8) is 0 Å². The fourth-order valence-electron chi connectivity index (χ4n) is 1.63. The van der Waals surface area contributed by atoms with E-state index in [0.29, 0.717) is 0 Å². The minimum atomic E-state index is -0.783. The molecule has 4 heteroatoms. The number of benzene rings is 2. The van der Waals surface area contributed by atoms with E-state index in [2.05, 4.69) is 0 Å². The van der Waals surface area contributed by atoms with Crippen LogP contribution in [0.15, 0.2) is 48.5 Å². The molecule has 0 heterocycles. The largest absolute Gasteiger partial charge is 0.317 e. The topological polar surface area (TPSA) is 20.3 Å². The van der Waals surface area contributed by atoms with Gasteiger partial charge in [0.15, 0.2) is 0 Å². The third-order valence-electron chi connectivity index (χ3n) is 2.49. The summed E-state index contributed by atoms with van der Waals surface area (Å²) < 4.78 is 26.3. The van der Waals surface area contributed by atoms with E-state index >= 15 is 0 Å². The molecule has 0 fully saturated rings. The average Bonchev–Trinajstić information content (AvgIpc) is 2.38. The van der Waals surface area contributed by atoms with Gasteiger partial charge in [0, 0.05) is 6.07 Å². The zero-order valence-corrected chi connectivity index (χ0v) is 9.44. The number of anilines is 1. The van der Waals surface area contributed by atoms with Gasteiger partial charge >= 0.3 is 6.41 Å². The second-order valence-electron chi connectivity index (χ2n) is 3.76. The van der Waals surface area contributed by atoms with Crippen LogP contribution in [0, 0.1) is 11.6 Å². The van der Waals surface area contributed by atoms with Crippen LogP contribution < -0.4 is 4.90 Å². The fourth-order valence-corrected chi connectivity index (χ4v) is 1.63. The molecule has 0 spiro atoms. The van der Waals surface area contributed by atoms with Crippen LogP contribution in [0.4, 0.5) is 14.5 Å². The van der Waals surface area contributed by atoms with Crippen molar-refractivity contribution < 1.29 is 13.6 Å². The lowest BCUT2D eigenvalue weighted by Crippen LogP contribution is -2.21. The summed E-state index contributed by atoms with van der Waals surface area (Å²) in [5, 5.41) is 0. The molecular formula is C14H10F2NO. The van der Waals surface area contributed by atoms with Gasteiger partial charge in [0.2, 0.25) is 0 Å². The quantitative estimate of drug-likeness (QED) is 0.759. The Morgan fingerprint density at radius 2 is 1.78 bits per heavy atom. The molecule has 91 valence electrons. The molecule has 0 aromatic heterocycles. The normalized spacial score (nSPS) is 10.1. The summed E-state index contributed by atoms with van der Waals surface area (Å²) in [7, 11) is 0. The molecule has 2 aromatic rings. The number of hydrogen-bond donors (Lipinski definition) is 0. The van der Waals surface area contributed by atoms with E-state index in [1.165, 1.54) is 6.07 Å². The Morgan fingerprint density at radius 3 is 2.39 bits per heavy atom. The van der Waals surface area contributed by atoms with Gasteiger partial charge in [-0.25, -0.2) is 8.78 Å². The zero-order chi connectivity index (χ0) is 13.0. The number of halogens is 2. The number of nitrogens with zero attached hydrogens (tertiary/aromatic N) is 1. The molecule has 2 rings (SSSR count). The standard InChI is InChI=1S/C14H10F2NO/c15-12-6-7-14(13(16)8-12)17(10-18)9-11-4-2-1-3-5-11/h1-8H,9H2. The van der Waals surface area contributed by atoms with E-state index in [9.17, 15) is 13.6 Å². The molecular weight excluding hydrogens is 236 g/mol. The number of hydrogen-bond acceptors (Lipinski definition) is 1. The molecule has 2 aromatic carbocycles. The Hall–Kier alpha value is -2.23. The highest BCUT2D eigenvalue weighted by Crippen LogP contribution is 2.20. The lowest BCUT2D eigenvalue weighted by molar-refractivity contribution is 0.546. The number of carbonyl (C=O) groups excluding carboxylic acids is 1.